The highest BCUT2D eigenvalue weighted by Crippen LogP contribution is 2.12. The van der Waals surface area contributed by atoms with E-state index in [0.29, 0.717) is 16.4 Å². The molecule has 0 saturated carbocycles. The second-order valence-corrected chi connectivity index (χ2v) is 5.28. The number of rotatable bonds is 5. The molecule has 1 rings (SSSR count). The Labute approximate surface area is 118 Å². The van der Waals surface area contributed by atoms with Crippen LogP contribution >= 0.6 is 23.8 Å². The first kappa shape index (κ1) is 14.9. The maximum atomic E-state index is 11.9. The standard InChI is InChI=1S/C13H17ClN2OS/c1-3-13(2,12(15)18)16-11(17)8-9-4-6-10(14)7-5-9/h4-7H,3,8H2,1-2H3,(H2,15,18)(H,16,17). The predicted octanol–water partition coefficient (Wildman–Crippen LogP) is 2.45. The second kappa shape index (κ2) is 6.16. The first-order chi connectivity index (χ1) is 8.37. The number of nitrogens with one attached hydrogen (secondary N) is 1. The fraction of sp³-hybridized carbons (Fsp3) is 0.385. The molecule has 0 aliphatic heterocycles. The van der Waals surface area contributed by atoms with Crippen molar-refractivity contribution in [2.24, 2.45) is 5.73 Å². The fourth-order valence-corrected chi connectivity index (χ4v) is 1.79. The van der Waals surface area contributed by atoms with Crippen LogP contribution in [0, 0.1) is 0 Å². The van der Waals surface area contributed by atoms with Gasteiger partial charge in [-0.1, -0.05) is 42.9 Å². The molecule has 0 aliphatic rings. The number of nitrogens with two attached hydrogens (primary N) is 1. The van der Waals surface area contributed by atoms with Gasteiger partial charge in [0.05, 0.1) is 16.9 Å². The zero-order chi connectivity index (χ0) is 13.8. The Hall–Kier alpha value is -1.13. The van der Waals surface area contributed by atoms with Crippen molar-refractivity contribution >= 4 is 34.7 Å². The minimum absolute atomic E-state index is 0.102. The smallest absolute Gasteiger partial charge is 0.225 e. The Kier molecular flexibility index (Phi) is 5.11. The maximum absolute atomic E-state index is 11.9. The van der Waals surface area contributed by atoms with E-state index >= 15 is 0 Å². The lowest BCUT2D eigenvalue weighted by molar-refractivity contribution is -0.121. The van der Waals surface area contributed by atoms with Crippen molar-refractivity contribution in [3.8, 4) is 0 Å². The Morgan fingerprint density at radius 2 is 2.00 bits per heavy atom. The molecule has 1 atom stereocenters. The van der Waals surface area contributed by atoms with E-state index in [0.717, 1.165) is 5.56 Å². The molecule has 1 amide bonds. The van der Waals surface area contributed by atoms with Gasteiger partial charge in [-0.3, -0.25) is 4.79 Å². The third kappa shape index (κ3) is 3.96. The number of amides is 1. The molecule has 0 aliphatic carbocycles. The van der Waals surface area contributed by atoms with E-state index < -0.39 is 5.54 Å². The number of hydrogen-bond donors (Lipinski definition) is 2. The SMILES string of the molecule is CCC(C)(NC(=O)Cc1ccc(Cl)cc1)C(N)=S. The number of hydrogen-bond acceptors (Lipinski definition) is 2. The lowest BCUT2D eigenvalue weighted by atomic mass is 9.98. The molecule has 0 spiro atoms. The highest BCUT2D eigenvalue weighted by Gasteiger charge is 2.27. The third-order valence-corrected chi connectivity index (χ3v) is 3.65. The molecule has 98 valence electrons. The molecular formula is C13H17ClN2OS. The van der Waals surface area contributed by atoms with Gasteiger partial charge < -0.3 is 11.1 Å². The van der Waals surface area contributed by atoms with Gasteiger partial charge in [0.1, 0.15) is 0 Å². The van der Waals surface area contributed by atoms with Crippen molar-refractivity contribution in [1.82, 2.24) is 5.32 Å². The van der Waals surface area contributed by atoms with E-state index in [9.17, 15) is 4.79 Å². The van der Waals surface area contributed by atoms with Crippen molar-refractivity contribution < 1.29 is 4.79 Å². The predicted molar refractivity (Wildman–Crippen MR) is 78.8 cm³/mol. The van der Waals surface area contributed by atoms with E-state index in [2.05, 4.69) is 5.32 Å². The number of thiocarbonyl (C=S) groups is 1. The summed E-state index contributed by atoms with van der Waals surface area (Å²) in [5.41, 5.74) is 5.92. The van der Waals surface area contributed by atoms with Crippen LogP contribution in [-0.2, 0) is 11.2 Å². The van der Waals surface area contributed by atoms with E-state index in [1.807, 2.05) is 26.0 Å². The van der Waals surface area contributed by atoms with Crippen molar-refractivity contribution in [3.05, 3.63) is 34.9 Å². The summed E-state index contributed by atoms with van der Waals surface area (Å²) >= 11 is 10.8. The summed E-state index contributed by atoms with van der Waals surface area (Å²) in [6.07, 6.45) is 0.948. The highest BCUT2D eigenvalue weighted by atomic mass is 35.5. The summed E-state index contributed by atoms with van der Waals surface area (Å²) in [5.74, 6) is -0.102. The molecule has 18 heavy (non-hydrogen) atoms. The van der Waals surface area contributed by atoms with Crippen LogP contribution in [0.1, 0.15) is 25.8 Å². The summed E-state index contributed by atoms with van der Waals surface area (Å²) < 4.78 is 0. The molecule has 0 heterocycles. The van der Waals surface area contributed by atoms with Crippen molar-refractivity contribution in [2.75, 3.05) is 0 Å². The molecule has 1 aromatic rings. The molecular weight excluding hydrogens is 268 g/mol. The zero-order valence-electron chi connectivity index (χ0n) is 10.5. The Bertz CT molecular complexity index is 447. The van der Waals surface area contributed by atoms with Crippen LogP contribution in [0.25, 0.3) is 0 Å². The van der Waals surface area contributed by atoms with Gasteiger partial charge in [-0.25, -0.2) is 0 Å². The van der Waals surface area contributed by atoms with Crippen LogP contribution in [0.15, 0.2) is 24.3 Å². The minimum atomic E-state index is -0.626. The summed E-state index contributed by atoms with van der Waals surface area (Å²) in [6.45, 7) is 3.76. The number of carbonyl (C=O) groups is 1. The number of carbonyl (C=O) groups excluding carboxylic acids is 1. The highest BCUT2D eigenvalue weighted by molar-refractivity contribution is 7.80. The first-order valence-electron chi connectivity index (χ1n) is 5.73. The number of benzene rings is 1. The monoisotopic (exact) mass is 284 g/mol. The molecule has 0 saturated heterocycles. The lowest BCUT2D eigenvalue weighted by Crippen LogP contribution is -2.54. The van der Waals surface area contributed by atoms with Gasteiger partial charge in [-0.15, -0.1) is 0 Å². The summed E-state index contributed by atoms with van der Waals surface area (Å²) in [4.78, 5) is 12.2. The Morgan fingerprint density at radius 3 is 2.44 bits per heavy atom. The normalized spacial score (nSPS) is 13.7. The zero-order valence-corrected chi connectivity index (χ0v) is 12.1. The van der Waals surface area contributed by atoms with E-state index in [-0.39, 0.29) is 12.3 Å². The van der Waals surface area contributed by atoms with Crippen LogP contribution < -0.4 is 11.1 Å². The summed E-state index contributed by atoms with van der Waals surface area (Å²) in [6, 6.07) is 7.17. The van der Waals surface area contributed by atoms with Crippen molar-refractivity contribution in [3.63, 3.8) is 0 Å². The van der Waals surface area contributed by atoms with Gasteiger partial charge >= 0.3 is 0 Å². The van der Waals surface area contributed by atoms with Crippen LogP contribution in [0.3, 0.4) is 0 Å². The van der Waals surface area contributed by atoms with Crippen molar-refractivity contribution in [1.29, 1.82) is 0 Å². The van der Waals surface area contributed by atoms with Gasteiger partial charge in [-0.05, 0) is 31.0 Å². The average molecular weight is 285 g/mol. The fourth-order valence-electron chi connectivity index (χ4n) is 1.46. The van der Waals surface area contributed by atoms with Gasteiger partial charge in [0, 0.05) is 5.02 Å². The molecule has 1 unspecified atom stereocenters. The van der Waals surface area contributed by atoms with Gasteiger partial charge in [0.25, 0.3) is 0 Å². The average Bonchev–Trinajstić information content (AvgIpc) is 2.31. The maximum Gasteiger partial charge on any atom is 0.225 e. The summed E-state index contributed by atoms with van der Waals surface area (Å²) in [5, 5.41) is 3.52. The molecule has 5 heteroatoms. The third-order valence-electron chi connectivity index (χ3n) is 2.94. The number of halogens is 1. The Morgan fingerprint density at radius 1 is 1.44 bits per heavy atom. The lowest BCUT2D eigenvalue weighted by Gasteiger charge is -2.28. The molecule has 0 bridgehead atoms. The molecule has 0 aromatic heterocycles. The van der Waals surface area contributed by atoms with E-state index in [1.54, 1.807) is 12.1 Å². The molecule has 3 nitrogen and oxygen atoms in total. The van der Waals surface area contributed by atoms with Crippen LogP contribution in [0.4, 0.5) is 0 Å². The Balaban J connectivity index is 2.66. The summed E-state index contributed by atoms with van der Waals surface area (Å²) in [7, 11) is 0. The van der Waals surface area contributed by atoms with E-state index in [1.165, 1.54) is 0 Å². The first-order valence-corrected chi connectivity index (χ1v) is 6.51. The quantitative estimate of drug-likeness (QED) is 0.817. The van der Waals surface area contributed by atoms with Crippen LogP contribution in [0.2, 0.25) is 5.02 Å². The molecule has 0 fully saturated rings. The van der Waals surface area contributed by atoms with E-state index in [4.69, 9.17) is 29.6 Å². The minimum Gasteiger partial charge on any atom is -0.391 e. The van der Waals surface area contributed by atoms with Gasteiger partial charge in [0.15, 0.2) is 0 Å². The largest absolute Gasteiger partial charge is 0.391 e. The molecule has 3 N–H and O–H groups in total. The van der Waals surface area contributed by atoms with Crippen LogP contribution in [0.5, 0.6) is 0 Å². The molecule has 0 radical (unpaired) electrons. The second-order valence-electron chi connectivity index (χ2n) is 4.40. The topological polar surface area (TPSA) is 55.1 Å². The van der Waals surface area contributed by atoms with Gasteiger partial charge in [0.2, 0.25) is 5.91 Å². The van der Waals surface area contributed by atoms with Gasteiger partial charge in [-0.2, -0.15) is 0 Å². The molecule has 1 aromatic carbocycles. The van der Waals surface area contributed by atoms with Crippen LogP contribution in [-0.4, -0.2) is 16.4 Å². The van der Waals surface area contributed by atoms with Crippen molar-refractivity contribution in [2.45, 2.75) is 32.2 Å².